The van der Waals surface area contributed by atoms with Gasteiger partial charge in [0.25, 0.3) is 0 Å². The molecule has 0 spiro atoms. The number of nitrogens with two attached hydrogens (primary N) is 1. The topological polar surface area (TPSA) is 64.4 Å². The summed E-state index contributed by atoms with van der Waals surface area (Å²) in [5.41, 5.74) is 4.93. The fraction of sp³-hybridized carbons (Fsp3) is 0.857. The van der Waals surface area contributed by atoms with Crippen LogP contribution in [0, 0.1) is 0 Å². The Kier molecular flexibility index (Phi) is 6.06. The van der Waals surface area contributed by atoms with Gasteiger partial charge in [0.2, 0.25) is 5.91 Å². The predicted octanol–water partition coefficient (Wildman–Crippen LogP) is -0.338. The van der Waals surface area contributed by atoms with Crippen LogP contribution in [0.15, 0.2) is 0 Å². The van der Waals surface area contributed by atoms with Crippen molar-refractivity contribution in [1.29, 1.82) is 0 Å². The molecule has 1 atom stereocenters. The molecular formula is C7H15ClN2O2. The average molecular weight is 195 g/mol. The molecule has 1 saturated heterocycles. The summed E-state index contributed by atoms with van der Waals surface area (Å²) >= 11 is 0. The first-order valence-corrected chi connectivity index (χ1v) is 3.89. The molecule has 1 amide bonds. The van der Waals surface area contributed by atoms with E-state index in [2.05, 4.69) is 5.32 Å². The van der Waals surface area contributed by atoms with Crippen molar-refractivity contribution in [2.45, 2.75) is 18.9 Å². The second kappa shape index (κ2) is 6.22. The third kappa shape index (κ3) is 4.54. The summed E-state index contributed by atoms with van der Waals surface area (Å²) < 4.78 is 5.21. The minimum Gasteiger partial charge on any atom is -0.368 e. The van der Waals surface area contributed by atoms with E-state index in [1.54, 1.807) is 0 Å². The number of nitrogens with one attached hydrogen (secondary N) is 1. The van der Waals surface area contributed by atoms with Crippen molar-refractivity contribution < 1.29 is 9.53 Å². The van der Waals surface area contributed by atoms with E-state index >= 15 is 0 Å². The lowest BCUT2D eigenvalue weighted by Crippen LogP contribution is -2.37. The maximum atomic E-state index is 10.3. The summed E-state index contributed by atoms with van der Waals surface area (Å²) in [5, 5.41) is 3.18. The zero-order valence-electron chi connectivity index (χ0n) is 6.91. The fourth-order valence-corrected chi connectivity index (χ4v) is 1.16. The summed E-state index contributed by atoms with van der Waals surface area (Å²) in [6.07, 6.45) is 2.32. The fourth-order valence-electron chi connectivity index (χ4n) is 1.16. The molecule has 5 heteroatoms. The van der Waals surface area contributed by atoms with Crippen LogP contribution < -0.4 is 11.1 Å². The zero-order chi connectivity index (χ0) is 8.10. The SMILES string of the molecule is Cl.NC(=O)COC1CCCNC1. The van der Waals surface area contributed by atoms with Crippen molar-refractivity contribution in [3.63, 3.8) is 0 Å². The van der Waals surface area contributed by atoms with Crippen LogP contribution in [0.5, 0.6) is 0 Å². The summed E-state index contributed by atoms with van der Waals surface area (Å²) in [6.45, 7) is 1.94. The van der Waals surface area contributed by atoms with Gasteiger partial charge < -0.3 is 15.8 Å². The Labute approximate surface area is 78.2 Å². The molecule has 3 N–H and O–H groups in total. The van der Waals surface area contributed by atoms with Gasteiger partial charge in [0.05, 0.1) is 6.10 Å². The van der Waals surface area contributed by atoms with E-state index in [4.69, 9.17) is 10.5 Å². The van der Waals surface area contributed by atoms with E-state index in [0.29, 0.717) is 0 Å². The molecule has 0 saturated carbocycles. The molecule has 1 heterocycles. The number of hydrogen-bond acceptors (Lipinski definition) is 3. The lowest BCUT2D eigenvalue weighted by Gasteiger charge is -2.22. The first-order chi connectivity index (χ1) is 5.29. The normalized spacial score (nSPS) is 22.8. The van der Waals surface area contributed by atoms with Crippen LogP contribution in [0.1, 0.15) is 12.8 Å². The zero-order valence-corrected chi connectivity index (χ0v) is 7.73. The molecule has 0 aromatic rings. The third-order valence-electron chi connectivity index (χ3n) is 1.71. The molecule has 1 unspecified atom stereocenters. The average Bonchev–Trinajstić information content (AvgIpc) is 2.03. The highest BCUT2D eigenvalue weighted by Gasteiger charge is 2.13. The van der Waals surface area contributed by atoms with Gasteiger partial charge in [0.15, 0.2) is 0 Å². The summed E-state index contributed by atoms with van der Waals surface area (Å²) in [6, 6.07) is 0. The Morgan fingerprint density at radius 3 is 2.92 bits per heavy atom. The highest BCUT2D eigenvalue weighted by Crippen LogP contribution is 2.04. The molecule has 1 rings (SSSR count). The van der Waals surface area contributed by atoms with E-state index in [9.17, 15) is 4.79 Å². The number of ether oxygens (including phenoxy) is 1. The molecule has 4 nitrogen and oxygen atoms in total. The molecule has 1 aliphatic heterocycles. The Morgan fingerprint density at radius 1 is 1.67 bits per heavy atom. The standard InChI is InChI=1S/C7H14N2O2.ClH/c8-7(10)5-11-6-2-1-3-9-4-6;/h6,9H,1-5H2,(H2,8,10);1H. The summed E-state index contributed by atoms with van der Waals surface area (Å²) in [5.74, 6) is -0.393. The first kappa shape index (κ1) is 11.7. The van der Waals surface area contributed by atoms with Gasteiger partial charge in [0, 0.05) is 6.54 Å². The molecule has 0 bridgehead atoms. The van der Waals surface area contributed by atoms with Gasteiger partial charge in [-0.05, 0) is 19.4 Å². The Balaban J connectivity index is 0.00000121. The second-order valence-electron chi connectivity index (χ2n) is 2.75. The number of piperidine rings is 1. The van der Waals surface area contributed by atoms with Gasteiger partial charge in [-0.3, -0.25) is 4.79 Å². The largest absolute Gasteiger partial charge is 0.368 e. The second-order valence-corrected chi connectivity index (χ2v) is 2.75. The number of halogens is 1. The number of carbonyl (C=O) groups is 1. The minimum absolute atomic E-state index is 0. The van der Waals surface area contributed by atoms with Crippen LogP contribution in [0.3, 0.4) is 0 Å². The third-order valence-corrected chi connectivity index (χ3v) is 1.71. The van der Waals surface area contributed by atoms with Crippen molar-refractivity contribution in [1.82, 2.24) is 5.32 Å². The van der Waals surface area contributed by atoms with Gasteiger partial charge in [-0.1, -0.05) is 0 Å². The monoisotopic (exact) mass is 194 g/mol. The maximum Gasteiger partial charge on any atom is 0.243 e. The van der Waals surface area contributed by atoms with Crippen LogP contribution in [0.25, 0.3) is 0 Å². The minimum atomic E-state index is -0.393. The van der Waals surface area contributed by atoms with Gasteiger partial charge in [-0.15, -0.1) is 12.4 Å². The van der Waals surface area contributed by atoms with E-state index in [0.717, 1.165) is 25.9 Å². The number of amides is 1. The lowest BCUT2D eigenvalue weighted by atomic mass is 10.1. The summed E-state index contributed by atoms with van der Waals surface area (Å²) in [7, 11) is 0. The van der Waals surface area contributed by atoms with Crippen LogP contribution in [-0.2, 0) is 9.53 Å². The lowest BCUT2D eigenvalue weighted by molar-refractivity contribution is -0.124. The maximum absolute atomic E-state index is 10.3. The van der Waals surface area contributed by atoms with Gasteiger partial charge in [-0.25, -0.2) is 0 Å². The molecule has 0 aliphatic carbocycles. The molecular weight excluding hydrogens is 180 g/mol. The van der Waals surface area contributed by atoms with Crippen molar-refractivity contribution in [3.8, 4) is 0 Å². The van der Waals surface area contributed by atoms with Crippen LogP contribution in [-0.4, -0.2) is 31.7 Å². The first-order valence-electron chi connectivity index (χ1n) is 3.89. The van der Waals surface area contributed by atoms with Crippen molar-refractivity contribution in [3.05, 3.63) is 0 Å². The molecule has 0 aromatic heterocycles. The Morgan fingerprint density at radius 2 is 2.42 bits per heavy atom. The molecule has 1 aliphatic rings. The van der Waals surface area contributed by atoms with E-state index in [-0.39, 0.29) is 25.1 Å². The molecule has 0 radical (unpaired) electrons. The van der Waals surface area contributed by atoms with Gasteiger partial charge in [0.1, 0.15) is 6.61 Å². The number of carbonyl (C=O) groups excluding carboxylic acids is 1. The number of hydrogen-bond donors (Lipinski definition) is 2. The molecule has 12 heavy (non-hydrogen) atoms. The van der Waals surface area contributed by atoms with E-state index in [1.807, 2.05) is 0 Å². The van der Waals surface area contributed by atoms with Gasteiger partial charge >= 0.3 is 0 Å². The summed E-state index contributed by atoms with van der Waals surface area (Å²) in [4.78, 5) is 10.3. The van der Waals surface area contributed by atoms with Crippen LogP contribution >= 0.6 is 12.4 Å². The quantitative estimate of drug-likeness (QED) is 0.646. The molecule has 1 fully saturated rings. The molecule has 0 aromatic carbocycles. The molecule has 72 valence electrons. The van der Waals surface area contributed by atoms with Crippen molar-refractivity contribution in [2.75, 3.05) is 19.7 Å². The van der Waals surface area contributed by atoms with Crippen molar-refractivity contribution >= 4 is 18.3 Å². The van der Waals surface area contributed by atoms with Crippen molar-refractivity contribution in [2.24, 2.45) is 5.73 Å². The predicted molar refractivity (Wildman–Crippen MR) is 48.3 cm³/mol. The van der Waals surface area contributed by atoms with Crippen LogP contribution in [0.4, 0.5) is 0 Å². The Hall–Kier alpha value is -0.320. The van der Waals surface area contributed by atoms with Crippen LogP contribution in [0.2, 0.25) is 0 Å². The highest BCUT2D eigenvalue weighted by atomic mass is 35.5. The van der Waals surface area contributed by atoms with E-state index in [1.165, 1.54) is 0 Å². The highest BCUT2D eigenvalue weighted by molar-refractivity contribution is 5.85. The Bertz CT molecular complexity index is 137. The van der Waals surface area contributed by atoms with Gasteiger partial charge in [-0.2, -0.15) is 0 Å². The number of primary amides is 1. The van der Waals surface area contributed by atoms with E-state index < -0.39 is 5.91 Å². The smallest absolute Gasteiger partial charge is 0.243 e. The number of rotatable bonds is 3.